The highest BCUT2D eigenvalue weighted by molar-refractivity contribution is 7.81. The molecule has 0 bridgehead atoms. The predicted molar refractivity (Wildman–Crippen MR) is 62.9 cm³/mol. The molecule has 1 aromatic carbocycles. The second-order valence-corrected chi connectivity index (χ2v) is 4.46. The highest BCUT2D eigenvalue weighted by Gasteiger charge is 2.21. The molecule has 0 aliphatic carbocycles. The first kappa shape index (κ1) is 13.2. The van der Waals surface area contributed by atoms with Gasteiger partial charge < -0.3 is 18.4 Å². The van der Waals surface area contributed by atoms with Crippen LogP contribution in [0, 0.1) is 0 Å². The molecule has 0 fully saturated rings. The average Bonchev–Trinajstić information content (AvgIpc) is 2.31. The van der Waals surface area contributed by atoms with Gasteiger partial charge in [0.25, 0.3) is 0 Å². The number of benzene rings is 1. The van der Waals surface area contributed by atoms with Gasteiger partial charge >= 0.3 is 16.0 Å². The minimum atomic E-state index is -4.91. The maximum atomic E-state index is 11.1. The average molecular weight is 288 g/mol. The summed E-state index contributed by atoms with van der Waals surface area (Å²) in [5.41, 5.74) is -1.11. The van der Waals surface area contributed by atoms with Gasteiger partial charge in [-0.3, -0.25) is 4.55 Å². The molecule has 0 spiro atoms. The molecule has 0 unspecified atom stereocenters. The Balaban J connectivity index is 2.86. The summed E-state index contributed by atoms with van der Waals surface area (Å²) in [6.45, 7) is 0. The summed E-state index contributed by atoms with van der Waals surface area (Å²) in [4.78, 5) is 11.1. The van der Waals surface area contributed by atoms with E-state index in [0.717, 1.165) is 6.07 Å². The van der Waals surface area contributed by atoms with Crippen molar-refractivity contribution in [2.45, 2.75) is 0 Å². The number of methoxy groups -OCH3 is 1. The predicted octanol–water partition coefficient (Wildman–Crippen LogP) is 0.689. The third kappa shape index (κ3) is 2.61. The van der Waals surface area contributed by atoms with E-state index in [0.29, 0.717) is 0 Å². The lowest BCUT2D eigenvalue weighted by molar-refractivity contribution is 0.346. The Kier molecular flexibility index (Phi) is 3.08. The first-order valence-electron chi connectivity index (χ1n) is 4.82. The summed E-state index contributed by atoms with van der Waals surface area (Å²) in [5.74, 6) is -1.56. The Morgan fingerprint density at radius 1 is 1.32 bits per heavy atom. The van der Waals surface area contributed by atoms with Gasteiger partial charge in [0.2, 0.25) is 11.5 Å². The van der Waals surface area contributed by atoms with Crippen molar-refractivity contribution >= 4 is 21.4 Å². The molecule has 0 aliphatic heterocycles. The molecule has 9 heteroatoms. The second-order valence-electron chi connectivity index (χ2n) is 3.44. The molecule has 0 saturated carbocycles. The van der Waals surface area contributed by atoms with Crippen LogP contribution >= 0.6 is 0 Å². The van der Waals surface area contributed by atoms with Crippen LogP contribution in [0.1, 0.15) is 0 Å². The molecule has 1 aromatic heterocycles. The van der Waals surface area contributed by atoms with Crippen LogP contribution in [-0.2, 0) is 10.4 Å². The van der Waals surface area contributed by atoms with Gasteiger partial charge in [0.15, 0.2) is 11.3 Å². The highest BCUT2D eigenvalue weighted by Crippen LogP contribution is 2.42. The number of phenolic OH excluding ortho intramolecular Hbond substituents is 1. The van der Waals surface area contributed by atoms with E-state index in [4.69, 9.17) is 13.7 Å². The van der Waals surface area contributed by atoms with Crippen molar-refractivity contribution in [1.29, 1.82) is 0 Å². The maximum absolute atomic E-state index is 11.1. The summed E-state index contributed by atoms with van der Waals surface area (Å²) in [7, 11) is -3.67. The fourth-order valence-corrected chi connectivity index (χ4v) is 1.85. The smallest absolute Gasteiger partial charge is 0.446 e. The van der Waals surface area contributed by atoms with Gasteiger partial charge in [-0.25, -0.2) is 4.79 Å². The number of hydrogen-bond acceptors (Lipinski definition) is 7. The van der Waals surface area contributed by atoms with Gasteiger partial charge in [-0.1, -0.05) is 0 Å². The lowest BCUT2D eigenvalue weighted by Gasteiger charge is -2.10. The van der Waals surface area contributed by atoms with Crippen molar-refractivity contribution < 1.29 is 31.4 Å². The number of hydrogen-bond donors (Lipinski definition) is 2. The number of phenols is 1. The van der Waals surface area contributed by atoms with Crippen LogP contribution < -0.4 is 14.5 Å². The third-order valence-corrected chi connectivity index (χ3v) is 2.59. The highest BCUT2D eigenvalue weighted by atomic mass is 32.3. The molecule has 0 saturated heterocycles. The molecule has 0 atom stereocenters. The minimum absolute atomic E-state index is 0.111. The van der Waals surface area contributed by atoms with E-state index in [1.807, 2.05) is 0 Å². The molecule has 2 aromatic rings. The molecular formula is C10H8O8S. The number of fused-ring (bicyclic) bond motifs is 1. The first-order valence-corrected chi connectivity index (χ1v) is 6.19. The van der Waals surface area contributed by atoms with Crippen molar-refractivity contribution in [2.24, 2.45) is 0 Å². The SMILES string of the molecule is COc1cc2ccc(=O)oc2c(OS(=O)(=O)O)c1O. The van der Waals surface area contributed by atoms with E-state index in [9.17, 15) is 18.3 Å². The van der Waals surface area contributed by atoms with Gasteiger partial charge in [0.05, 0.1) is 7.11 Å². The van der Waals surface area contributed by atoms with E-state index < -0.39 is 27.5 Å². The normalized spacial score (nSPS) is 11.5. The van der Waals surface area contributed by atoms with E-state index in [-0.39, 0.29) is 16.7 Å². The Morgan fingerprint density at radius 3 is 2.58 bits per heavy atom. The van der Waals surface area contributed by atoms with E-state index in [2.05, 4.69) is 4.18 Å². The van der Waals surface area contributed by atoms with Crippen LogP contribution in [-0.4, -0.2) is 25.2 Å². The van der Waals surface area contributed by atoms with Gasteiger partial charge in [0, 0.05) is 11.5 Å². The third-order valence-electron chi connectivity index (χ3n) is 2.21. The van der Waals surface area contributed by atoms with Crippen LogP contribution in [0.15, 0.2) is 27.4 Å². The monoisotopic (exact) mass is 288 g/mol. The van der Waals surface area contributed by atoms with Gasteiger partial charge in [0.1, 0.15) is 0 Å². The number of rotatable bonds is 3. The molecule has 0 amide bonds. The Hall–Kier alpha value is -2.26. The van der Waals surface area contributed by atoms with E-state index in [1.165, 1.54) is 19.2 Å². The quantitative estimate of drug-likeness (QED) is 0.624. The number of aromatic hydroxyl groups is 1. The van der Waals surface area contributed by atoms with Crippen LogP contribution in [0.2, 0.25) is 0 Å². The zero-order chi connectivity index (χ0) is 14.2. The van der Waals surface area contributed by atoms with Crippen LogP contribution in [0.3, 0.4) is 0 Å². The summed E-state index contributed by atoms with van der Waals surface area (Å²) in [6, 6.07) is 3.72. The zero-order valence-electron chi connectivity index (χ0n) is 9.48. The van der Waals surface area contributed by atoms with E-state index in [1.54, 1.807) is 0 Å². The fourth-order valence-electron chi connectivity index (χ4n) is 1.49. The molecule has 0 radical (unpaired) electrons. The molecule has 2 rings (SSSR count). The summed E-state index contributed by atoms with van der Waals surface area (Å²) >= 11 is 0. The molecule has 0 aliphatic rings. The van der Waals surface area contributed by atoms with Crippen LogP contribution in [0.4, 0.5) is 0 Å². The van der Waals surface area contributed by atoms with Crippen molar-refractivity contribution in [2.75, 3.05) is 7.11 Å². The molecule has 19 heavy (non-hydrogen) atoms. The summed E-state index contributed by atoms with van der Waals surface area (Å²) < 4.78 is 43.9. The Morgan fingerprint density at radius 2 is 2.00 bits per heavy atom. The van der Waals surface area contributed by atoms with Crippen LogP contribution in [0.5, 0.6) is 17.2 Å². The Labute approximate surface area is 106 Å². The Bertz CT molecular complexity index is 789. The van der Waals surface area contributed by atoms with Gasteiger partial charge in [-0.2, -0.15) is 8.42 Å². The molecular weight excluding hydrogens is 280 g/mol. The standard InChI is InChI=1S/C10H8O8S/c1-16-6-4-5-2-3-7(11)17-9(5)10(8(6)12)18-19(13,14)15/h2-4,12H,1H3,(H,13,14,15). The fraction of sp³-hybridized carbons (Fsp3) is 0.100. The van der Waals surface area contributed by atoms with Crippen LogP contribution in [0.25, 0.3) is 11.0 Å². The van der Waals surface area contributed by atoms with Crippen molar-refractivity contribution in [3.8, 4) is 17.2 Å². The van der Waals surface area contributed by atoms with Gasteiger partial charge in [-0.15, -0.1) is 0 Å². The molecule has 2 N–H and O–H groups in total. The lowest BCUT2D eigenvalue weighted by atomic mass is 10.2. The van der Waals surface area contributed by atoms with Crippen molar-refractivity contribution in [3.05, 3.63) is 28.6 Å². The largest absolute Gasteiger partial charge is 0.502 e. The second kappa shape index (κ2) is 4.44. The first-order chi connectivity index (χ1) is 8.81. The maximum Gasteiger partial charge on any atom is 0.446 e. The minimum Gasteiger partial charge on any atom is -0.502 e. The molecule has 8 nitrogen and oxygen atoms in total. The molecule has 1 heterocycles. The topological polar surface area (TPSA) is 123 Å². The van der Waals surface area contributed by atoms with E-state index >= 15 is 0 Å². The van der Waals surface area contributed by atoms with Crippen molar-refractivity contribution in [1.82, 2.24) is 0 Å². The summed E-state index contributed by atoms with van der Waals surface area (Å²) in [6.07, 6.45) is 0. The van der Waals surface area contributed by atoms with Gasteiger partial charge in [-0.05, 0) is 12.1 Å². The molecule has 102 valence electrons. The summed E-state index contributed by atoms with van der Waals surface area (Å²) in [5, 5.41) is 10.00. The number of ether oxygens (including phenoxy) is 1. The lowest BCUT2D eigenvalue weighted by Crippen LogP contribution is -2.08. The zero-order valence-corrected chi connectivity index (χ0v) is 10.3. The van der Waals surface area contributed by atoms with Crippen molar-refractivity contribution in [3.63, 3.8) is 0 Å².